The van der Waals surface area contributed by atoms with Gasteiger partial charge in [-0.05, 0) is 73.5 Å². The highest BCUT2D eigenvalue weighted by atomic mass is 35.5. The Labute approximate surface area is 203 Å². The number of hydrogen-bond acceptors (Lipinski definition) is 5. The Hall–Kier alpha value is -3.35. The van der Waals surface area contributed by atoms with Crippen LogP contribution in [0, 0.1) is 13.8 Å². The second-order valence-corrected chi connectivity index (χ2v) is 8.40. The van der Waals surface area contributed by atoms with Crippen molar-refractivity contribution >= 4 is 22.5 Å². The number of rotatable bonds is 9. The first-order valence-electron chi connectivity index (χ1n) is 11.1. The molecule has 1 heterocycles. The topological polar surface area (TPSA) is 62.6 Å². The van der Waals surface area contributed by atoms with E-state index in [1.807, 2.05) is 68.4 Å². The average molecular weight is 479 g/mol. The molecular formula is C27H27ClN2O4. The molecule has 0 amide bonds. The Morgan fingerprint density at radius 3 is 2.35 bits per heavy atom. The monoisotopic (exact) mass is 478 g/mol. The fourth-order valence-electron chi connectivity index (χ4n) is 3.92. The summed E-state index contributed by atoms with van der Waals surface area (Å²) in [6.07, 6.45) is 0. The number of ether oxygens (including phenoxy) is 3. The fourth-order valence-corrected chi connectivity index (χ4v) is 4.25. The Balaban J connectivity index is 1.47. The van der Waals surface area contributed by atoms with Gasteiger partial charge < -0.3 is 14.2 Å². The molecule has 34 heavy (non-hydrogen) atoms. The highest BCUT2D eigenvalue weighted by molar-refractivity contribution is 6.30. The van der Waals surface area contributed by atoms with Crippen LogP contribution in [-0.4, -0.2) is 36.5 Å². The van der Waals surface area contributed by atoms with Crippen molar-refractivity contribution in [2.24, 2.45) is 0 Å². The zero-order valence-electron chi connectivity index (χ0n) is 19.5. The maximum absolute atomic E-state index is 13.3. The van der Waals surface area contributed by atoms with Crippen LogP contribution in [0.15, 0.2) is 65.5 Å². The predicted octanol–water partition coefficient (Wildman–Crippen LogP) is 5.44. The van der Waals surface area contributed by atoms with Crippen molar-refractivity contribution in [1.82, 2.24) is 9.55 Å². The van der Waals surface area contributed by atoms with Crippen molar-refractivity contribution in [1.29, 1.82) is 0 Å². The Kier molecular flexibility index (Phi) is 7.50. The van der Waals surface area contributed by atoms with Gasteiger partial charge in [-0.15, -0.1) is 0 Å². The molecule has 0 spiro atoms. The normalized spacial score (nSPS) is 11.1. The molecule has 0 N–H and O–H groups in total. The molecule has 0 fully saturated rings. The lowest BCUT2D eigenvalue weighted by molar-refractivity contribution is 0.0936. The van der Waals surface area contributed by atoms with Crippen LogP contribution >= 0.6 is 11.6 Å². The minimum atomic E-state index is -0.0938. The molecule has 4 aromatic rings. The second-order valence-electron chi connectivity index (χ2n) is 7.97. The minimum absolute atomic E-state index is 0.0938. The Bertz CT molecular complexity index is 1330. The molecule has 0 aliphatic rings. The molecule has 3 aromatic carbocycles. The maximum Gasteiger partial charge on any atom is 0.261 e. The summed E-state index contributed by atoms with van der Waals surface area (Å²) in [6.45, 7) is 5.46. The molecule has 0 saturated heterocycles. The molecule has 0 atom stereocenters. The number of nitrogens with zero attached hydrogens (tertiary/aromatic N) is 2. The molecule has 4 rings (SSSR count). The van der Waals surface area contributed by atoms with Gasteiger partial charge in [0.25, 0.3) is 5.56 Å². The first kappa shape index (κ1) is 23.8. The van der Waals surface area contributed by atoms with E-state index in [0.29, 0.717) is 48.1 Å². The minimum Gasteiger partial charge on any atom is -0.497 e. The van der Waals surface area contributed by atoms with E-state index >= 15 is 0 Å². The number of benzene rings is 3. The summed E-state index contributed by atoms with van der Waals surface area (Å²) in [7, 11) is 1.62. The van der Waals surface area contributed by atoms with Gasteiger partial charge in [0.2, 0.25) is 0 Å². The zero-order chi connectivity index (χ0) is 24.1. The third-order valence-corrected chi connectivity index (χ3v) is 5.79. The first-order chi connectivity index (χ1) is 16.5. The van der Waals surface area contributed by atoms with Crippen molar-refractivity contribution in [2.75, 3.05) is 26.9 Å². The van der Waals surface area contributed by atoms with E-state index in [2.05, 4.69) is 0 Å². The molecular weight excluding hydrogens is 452 g/mol. The number of methoxy groups -OCH3 is 1. The van der Waals surface area contributed by atoms with Gasteiger partial charge in [-0.1, -0.05) is 23.7 Å². The zero-order valence-corrected chi connectivity index (χ0v) is 20.3. The molecule has 176 valence electrons. The maximum atomic E-state index is 13.3. The molecule has 0 bridgehead atoms. The van der Waals surface area contributed by atoms with E-state index in [9.17, 15) is 4.79 Å². The van der Waals surface area contributed by atoms with Gasteiger partial charge in [0.15, 0.2) is 0 Å². The molecule has 0 saturated carbocycles. The van der Waals surface area contributed by atoms with Crippen molar-refractivity contribution in [3.63, 3.8) is 0 Å². The molecule has 0 radical (unpaired) electrons. The van der Waals surface area contributed by atoms with Crippen molar-refractivity contribution in [3.8, 4) is 22.9 Å². The van der Waals surface area contributed by atoms with Crippen LogP contribution in [-0.2, 0) is 11.3 Å². The van der Waals surface area contributed by atoms with E-state index in [4.69, 9.17) is 30.8 Å². The number of para-hydroxylation sites is 1. The van der Waals surface area contributed by atoms with Crippen LogP contribution in [0.5, 0.6) is 11.5 Å². The molecule has 1 aromatic heterocycles. The van der Waals surface area contributed by atoms with Gasteiger partial charge in [-0.2, -0.15) is 0 Å². The van der Waals surface area contributed by atoms with E-state index in [1.54, 1.807) is 17.7 Å². The van der Waals surface area contributed by atoms with Crippen molar-refractivity contribution in [2.45, 2.75) is 20.4 Å². The molecule has 0 unspecified atom stereocenters. The average Bonchev–Trinajstić information content (AvgIpc) is 2.83. The summed E-state index contributed by atoms with van der Waals surface area (Å²) in [5.41, 5.74) is 3.38. The third-order valence-electron chi connectivity index (χ3n) is 5.57. The quantitative estimate of drug-likeness (QED) is 0.300. The Morgan fingerprint density at radius 2 is 1.65 bits per heavy atom. The lowest BCUT2D eigenvalue weighted by Gasteiger charge is -2.15. The molecule has 0 aliphatic carbocycles. The molecule has 6 nitrogen and oxygen atoms in total. The second kappa shape index (κ2) is 10.7. The van der Waals surface area contributed by atoms with E-state index in [-0.39, 0.29) is 5.56 Å². The summed E-state index contributed by atoms with van der Waals surface area (Å²) in [4.78, 5) is 18.0. The highest BCUT2D eigenvalue weighted by Gasteiger charge is 2.13. The summed E-state index contributed by atoms with van der Waals surface area (Å²) in [5.74, 6) is 2.16. The van der Waals surface area contributed by atoms with E-state index in [1.165, 1.54) is 0 Å². The summed E-state index contributed by atoms with van der Waals surface area (Å²) >= 11 is 6.08. The van der Waals surface area contributed by atoms with Crippen LogP contribution < -0.4 is 15.0 Å². The number of aryl methyl sites for hydroxylation is 2. The fraction of sp³-hybridized carbons (Fsp3) is 0.259. The third kappa shape index (κ3) is 5.24. The van der Waals surface area contributed by atoms with Crippen LogP contribution in [0.4, 0.5) is 0 Å². The van der Waals surface area contributed by atoms with E-state index in [0.717, 1.165) is 28.2 Å². The SMILES string of the molecule is COc1ccc(-c2nc3ccccc3c(=O)n2CCOCCOc2c(C)cc(Cl)cc2C)cc1. The van der Waals surface area contributed by atoms with Crippen molar-refractivity contribution < 1.29 is 14.2 Å². The lowest BCUT2D eigenvalue weighted by Crippen LogP contribution is -2.26. The van der Waals surface area contributed by atoms with Crippen LogP contribution in [0.2, 0.25) is 5.02 Å². The van der Waals surface area contributed by atoms with E-state index < -0.39 is 0 Å². The van der Waals surface area contributed by atoms with Gasteiger partial charge in [0, 0.05) is 10.6 Å². The van der Waals surface area contributed by atoms with Gasteiger partial charge >= 0.3 is 0 Å². The Morgan fingerprint density at radius 1 is 0.941 bits per heavy atom. The van der Waals surface area contributed by atoms with Crippen LogP contribution in [0.3, 0.4) is 0 Å². The standard InChI is InChI=1S/C27H27ClN2O4/c1-18-16-21(28)17-19(2)25(18)34-15-14-33-13-12-30-26(20-8-10-22(32-3)11-9-20)29-24-7-5-4-6-23(24)27(30)31/h4-11,16-17H,12-15H2,1-3H3. The first-order valence-corrected chi connectivity index (χ1v) is 11.5. The van der Waals surface area contributed by atoms with Crippen LogP contribution in [0.25, 0.3) is 22.3 Å². The van der Waals surface area contributed by atoms with Gasteiger partial charge in [-0.3, -0.25) is 9.36 Å². The highest BCUT2D eigenvalue weighted by Crippen LogP contribution is 2.27. The largest absolute Gasteiger partial charge is 0.497 e. The molecule has 0 aliphatic heterocycles. The number of hydrogen-bond donors (Lipinski definition) is 0. The lowest BCUT2D eigenvalue weighted by atomic mass is 10.1. The van der Waals surface area contributed by atoms with Crippen molar-refractivity contribution in [3.05, 3.63) is 87.2 Å². The summed E-state index contributed by atoms with van der Waals surface area (Å²) in [6, 6.07) is 18.6. The summed E-state index contributed by atoms with van der Waals surface area (Å²) in [5, 5.41) is 1.28. The van der Waals surface area contributed by atoms with Gasteiger partial charge in [0.05, 0.1) is 37.8 Å². The smallest absolute Gasteiger partial charge is 0.261 e. The summed E-state index contributed by atoms with van der Waals surface area (Å²) < 4.78 is 18.6. The number of halogens is 1. The number of fused-ring (bicyclic) bond motifs is 1. The predicted molar refractivity (Wildman–Crippen MR) is 135 cm³/mol. The van der Waals surface area contributed by atoms with Crippen LogP contribution in [0.1, 0.15) is 11.1 Å². The number of aromatic nitrogens is 2. The van der Waals surface area contributed by atoms with Gasteiger partial charge in [-0.25, -0.2) is 4.98 Å². The molecule has 7 heteroatoms. The van der Waals surface area contributed by atoms with Gasteiger partial charge in [0.1, 0.15) is 23.9 Å².